The number of hydrogen-bond acceptors (Lipinski definition) is 5. The molecule has 6 nitrogen and oxygen atoms in total. The van der Waals surface area contributed by atoms with Crippen LogP contribution in [0.1, 0.15) is 16.1 Å². The van der Waals surface area contributed by atoms with Crippen LogP contribution < -0.4 is 0 Å². The van der Waals surface area contributed by atoms with Gasteiger partial charge in [-0.15, -0.1) is 11.3 Å². The maximum absolute atomic E-state index is 13.3. The van der Waals surface area contributed by atoms with Crippen molar-refractivity contribution >= 4 is 17.2 Å². The fourth-order valence-corrected chi connectivity index (χ4v) is 3.69. The zero-order valence-electron chi connectivity index (χ0n) is 17.1. The van der Waals surface area contributed by atoms with E-state index in [-0.39, 0.29) is 5.91 Å². The molecule has 166 valence electrons. The summed E-state index contributed by atoms with van der Waals surface area (Å²) in [5, 5.41) is 5.56. The maximum atomic E-state index is 13.3. The molecule has 0 radical (unpaired) electrons. The van der Waals surface area contributed by atoms with Gasteiger partial charge in [0.25, 0.3) is 5.91 Å². The number of aromatic nitrogens is 2. The number of rotatable bonds is 9. The molecule has 31 heavy (non-hydrogen) atoms. The van der Waals surface area contributed by atoms with Crippen LogP contribution in [0.25, 0.3) is 16.3 Å². The number of hydrogen-bond donors (Lipinski definition) is 0. The van der Waals surface area contributed by atoms with Gasteiger partial charge in [0.15, 0.2) is 5.69 Å². The Balaban J connectivity index is 1.90. The van der Waals surface area contributed by atoms with Crippen molar-refractivity contribution in [2.24, 2.45) is 0 Å². The molecule has 3 rings (SSSR count). The van der Waals surface area contributed by atoms with Gasteiger partial charge in [-0.2, -0.15) is 18.3 Å². The minimum absolute atomic E-state index is 0.212. The summed E-state index contributed by atoms with van der Waals surface area (Å²) in [6, 6.07) is 10.9. The Morgan fingerprint density at radius 3 is 2.26 bits per heavy atom. The lowest BCUT2D eigenvalue weighted by atomic mass is 10.1. The number of carbonyl (C=O) groups is 1. The number of ether oxygens (including phenoxy) is 2. The standard InChI is InChI=1S/C21H22F3N3O3S/c1-29-11-9-26(10-12-30-2)20(28)15-5-7-16(8-6-15)27-17(18-4-3-13-31-18)14-19(25-27)21(22,23)24/h3-8,13-14H,9-12H2,1-2H3. The monoisotopic (exact) mass is 453 g/mol. The van der Waals surface area contributed by atoms with Gasteiger partial charge < -0.3 is 14.4 Å². The lowest BCUT2D eigenvalue weighted by molar-refractivity contribution is -0.141. The fraction of sp³-hybridized carbons (Fsp3) is 0.333. The van der Waals surface area contributed by atoms with Gasteiger partial charge in [0.05, 0.1) is 29.5 Å². The van der Waals surface area contributed by atoms with Crippen molar-refractivity contribution in [3.8, 4) is 16.3 Å². The second-order valence-corrected chi connectivity index (χ2v) is 7.57. The molecule has 0 bridgehead atoms. The number of carbonyl (C=O) groups excluding carboxylic acids is 1. The first-order chi connectivity index (χ1) is 14.8. The number of thiophene rings is 1. The van der Waals surface area contributed by atoms with Gasteiger partial charge in [-0.05, 0) is 41.8 Å². The van der Waals surface area contributed by atoms with Gasteiger partial charge in [0, 0.05) is 32.9 Å². The van der Waals surface area contributed by atoms with Crippen LogP contribution in [0.3, 0.4) is 0 Å². The van der Waals surface area contributed by atoms with Crippen molar-refractivity contribution in [2.75, 3.05) is 40.5 Å². The van der Waals surface area contributed by atoms with E-state index in [1.54, 1.807) is 60.9 Å². The van der Waals surface area contributed by atoms with Crippen molar-refractivity contribution in [1.29, 1.82) is 0 Å². The van der Waals surface area contributed by atoms with E-state index in [1.807, 2.05) is 0 Å². The summed E-state index contributed by atoms with van der Waals surface area (Å²) < 4.78 is 51.1. The fourth-order valence-electron chi connectivity index (χ4n) is 2.96. The molecule has 0 atom stereocenters. The van der Waals surface area contributed by atoms with Crippen LogP contribution in [-0.4, -0.2) is 61.1 Å². The Kier molecular flexibility index (Phi) is 7.47. The summed E-state index contributed by atoms with van der Waals surface area (Å²) in [6.07, 6.45) is -4.56. The molecule has 1 aromatic carbocycles. The smallest absolute Gasteiger partial charge is 0.383 e. The normalized spacial score (nSPS) is 11.6. The summed E-state index contributed by atoms with van der Waals surface area (Å²) >= 11 is 1.32. The third kappa shape index (κ3) is 5.52. The molecule has 10 heteroatoms. The molecular formula is C21H22F3N3O3S. The Labute approximate surface area is 181 Å². The second kappa shape index (κ2) is 10.1. The average molecular weight is 453 g/mol. The Morgan fingerprint density at radius 1 is 1.10 bits per heavy atom. The van der Waals surface area contributed by atoms with E-state index in [2.05, 4.69) is 5.10 Å². The summed E-state index contributed by atoms with van der Waals surface area (Å²) in [6.45, 7) is 1.56. The Hall–Kier alpha value is -2.69. The second-order valence-electron chi connectivity index (χ2n) is 6.63. The summed E-state index contributed by atoms with van der Waals surface area (Å²) in [7, 11) is 3.11. The quantitative estimate of drug-likeness (QED) is 0.483. The van der Waals surface area contributed by atoms with Crippen LogP contribution in [0.4, 0.5) is 13.2 Å². The minimum atomic E-state index is -4.56. The van der Waals surface area contributed by atoms with Crippen molar-refractivity contribution in [2.45, 2.75) is 6.18 Å². The van der Waals surface area contributed by atoms with Crippen LogP contribution in [0.5, 0.6) is 0 Å². The van der Waals surface area contributed by atoms with E-state index in [0.29, 0.717) is 48.1 Å². The first-order valence-corrected chi connectivity index (χ1v) is 10.3. The van der Waals surface area contributed by atoms with E-state index in [9.17, 15) is 18.0 Å². The number of benzene rings is 1. The maximum Gasteiger partial charge on any atom is 0.435 e. The van der Waals surface area contributed by atoms with E-state index in [4.69, 9.17) is 9.47 Å². The van der Waals surface area contributed by atoms with Crippen molar-refractivity contribution < 1.29 is 27.4 Å². The van der Waals surface area contributed by atoms with E-state index in [0.717, 1.165) is 6.07 Å². The number of nitrogens with zero attached hydrogens (tertiary/aromatic N) is 3. The van der Waals surface area contributed by atoms with Gasteiger partial charge in [-0.25, -0.2) is 4.68 Å². The molecular weight excluding hydrogens is 431 g/mol. The van der Waals surface area contributed by atoms with Gasteiger partial charge in [-0.1, -0.05) is 6.07 Å². The van der Waals surface area contributed by atoms with E-state index >= 15 is 0 Å². The molecule has 0 aliphatic rings. The first-order valence-electron chi connectivity index (χ1n) is 9.44. The van der Waals surface area contributed by atoms with Crippen molar-refractivity contribution in [1.82, 2.24) is 14.7 Å². The van der Waals surface area contributed by atoms with E-state index < -0.39 is 11.9 Å². The molecule has 0 aliphatic carbocycles. The van der Waals surface area contributed by atoms with Crippen LogP contribution in [0.2, 0.25) is 0 Å². The van der Waals surface area contributed by atoms with Gasteiger partial charge in [-0.3, -0.25) is 4.79 Å². The molecule has 0 unspecified atom stereocenters. The topological polar surface area (TPSA) is 56.6 Å². The van der Waals surface area contributed by atoms with Gasteiger partial charge in [0.1, 0.15) is 0 Å². The highest BCUT2D eigenvalue weighted by molar-refractivity contribution is 7.13. The number of halogens is 3. The van der Waals surface area contributed by atoms with Gasteiger partial charge >= 0.3 is 6.18 Å². The highest BCUT2D eigenvalue weighted by Gasteiger charge is 2.35. The molecule has 0 spiro atoms. The molecule has 0 saturated carbocycles. The lowest BCUT2D eigenvalue weighted by Crippen LogP contribution is -2.36. The highest BCUT2D eigenvalue weighted by Crippen LogP contribution is 2.34. The molecule has 1 amide bonds. The predicted octanol–water partition coefficient (Wildman–Crippen LogP) is 4.35. The number of methoxy groups -OCH3 is 2. The summed E-state index contributed by atoms with van der Waals surface area (Å²) in [5.74, 6) is -0.212. The molecule has 0 aliphatic heterocycles. The average Bonchev–Trinajstić information content (AvgIpc) is 3.43. The van der Waals surface area contributed by atoms with E-state index in [1.165, 1.54) is 16.0 Å². The lowest BCUT2D eigenvalue weighted by Gasteiger charge is -2.22. The minimum Gasteiger partial charge on any atom is -0.383 e. The zero-order chi connectivity index (χ0) is 22.4. The van der Waals surface area contributed by atoms with Crippen LogP contribution in [0.15, 0.2) is 47.8 Å². The zero-order valence-corrected chi connectivity index (χ0v) is 17.9. The predicted molar refractivity (Wildman–Crippen MR) is 112 cm³/mol. The first kappa shape index (κ1) is 23.0. The summed E-state index contributed by atoms with van der Waals surface area (Å²) in [5.41, 5.74) is 0.206. The Bertz CT molecular complexity index is 978. The third-order valence-corrected chi connectivity index (χ3v) is 5.44. The van der Waals surface area contributed by atoms with Crippen LogP contribution >= 0.6 is 11.3 Å². The summed E-state index contributed by atoms with van der Waals surface area (Å²) in [4.78, 5) is 15.1. The highest BCUT2D eigenvalue weighted by atomic mass is 32.1. The van der Waals surface area contributed by atoms with Crippen LogP contribution in [-0.2, 0) is 15.7 Å². The van der Waals surface area contributed by atoms with Gasteiger partial charge in [0.2, 0.25) is 0 Å². The number of alkyl halides is 3. The molecule has 0 N–H and O–H groups in total. The largest absolute Gasteiger partial charge is 0.435 e. The molecule has 3 aromatic rings. The molecule has 2 aromatic heterocycles. The number of amides is 1. The van der Waals surface area contributed by atoms with Crippen molar-refractivity contribution in [3.05, 3.63) is 59.1 Å². The van der Waals surface area contributed by atoms with Crippen molar-refractivity contribution in [3.63, 3.8) is 0 Å². The molecule has 0 fully saturated rings. The van der Waals surface area contributed by atoms with Crippen LogP contribution in [0, 0.1) is 0 Å². The Morgan fingerprint density at radius 2 is 1.74 bits per heavy atom. The third-order valence-electron chi connectivity index (χ3n) is 4.55. The molecule has 2 heterocycles. The molecule has 0 saturated heterocycles. The SMILES string of the molecule is COCCN(CCOC)C(=O)c1ccc(-n2nc(C(F)(F)F)cc2-c2cccs2)cc1.